The van der Waals surface area contributed by atoms with E-state index < -0.39 is 10.0 Å². The lowest BCUT2D eigenvalue weighted by Gasteiger charge is -2.21. The van der Waals surface area contributed by atoms with Crippen LogP contribution in [0, 0.1) is 0 Å². The number of amides is 1. The van der Waals surface area contributed by atoms with Crippen LogP contribution in [0.4, 0.5) is 11.4 Å². The molecular formula is C25H27N3O5S. The Balaban J connectivity index is 1.45. The minimum Gasteiger partial charge on any atom is -0.495 e. The third-order valence-corrected chi connectivity index (χ3v) is 7.73. The molecule has 3 aromatic carbocycles. The molecule has 0 saturated carbocycles. The smallest absolute Gasteiger partial charge is 0.243 e. The number of para-hydroxylation sites is 1. The second-order valence-corrected chi connectivity index (χ2v) is 10.2. The zero-order chi connectivity index (χ0) is 24.5. The summed E-state index contributed by atoms with van der Waals surface area (Å²) >= 11 is 0. The minimum atomic E-state index is -3.56. The molecule has 34 heavy (non-hydrogen) atoms. The van der Waals surface area contributed by atoms with Gasteiger partial charge in [0, 0.05) is 35.6 Å². The number of benzene rings is 3. The van der Waals surface area contributed by atoms with Crippen LogP contribution in [0.1, 0.15) is 13.8 Å². The van der Waals surface area contributed by atoms with Crippen LogP contribution in [0.3, 0.4) is 0 Å². The van der Waals surface area contributed by atoms with Crippen molar-refractivity contribution in [1.29, 1.82) is 0 Å². The molecule has 9 heteroatoms. The number of fused-ring (bicyclic) bond motifs is 3. The molecule has 0 aliphatic heterocycles. The Morgan fingerprint density at radius 3 is 2.41 bits per heavy atom. The quantitative estimate of drug-likeness (QED) is 0.379. The summed E-state index contributed by atoms with van der Waals surface area (Å²) in [5.74, 6) is 0.237. The Kier molecular flexibility index (Phi) is 6.49. The van der Waals surface area contributed by atoms with E-state index in [0.29, 0.717) is 22.7 Å². The molecule has 0 atom stereocenters. The van der Waals surface area contributed by atoms with Crippen molar-refractivity contribution >= 4 is 49.2 Å². The fraction of sp³-hybridized carbons (Fsp3) is 0.240. The van der Waals surface area contributed by atoms with E-state index in [2.05, 4.69) is 10.6 Å². The predicted molar refractivity (Wildman–Crippen MR) is 134 cm³/mol. The number of nitrogens with zero attached hydrogens (tertiary/aromatic N) is 1. The highest BCUT2D eigenvalue weighted by molar-refractivity contribution is 7.89. The number of hydrogen-bond donors (Lipinski definition) is 2. The van der Waals surface area contributed by atoms with Crippen molar-refractivity contribution < 1.29 is 22.4 Å². The van der Waals surface area contributed by atoms with E-state index in [-0.39, 0.29) is 23.4 Å². The van der Waals surface area contributed by atoms with Crippen LogP contribution in [-0.2, 0) is 14.8 Å². The molecule has 1 heterocycles. The summed E-state index contributed by atoms with van der Waals surface area (Å²) in [7, 11) is -0.465. The van der Waals surface area contributed by atoms with E-state index in [0.717, 1.165) is 16.4 Å². The maximum Gasteiger partial charge on any atom is 0.243 e. The van der Waals surface area contributed by atoms with Gasteiger partial charge in [-0.2, -0.15) is 4.31 Å². The number of ether oxygens (including phenoxy) is 1. The first-order valence-corrected chi connectivity index (χ1v) is 12.3. The Hall–Kier alpha value is -3.56. The van der Waals surface area contributed by atoms with Crippen LogP contribution in [0.2, 0.25) is 0 Å². The fourth-order valence-corrected chi connectivity index (χ4v) is 4.95. The maximum atomic E-state index is 12.6. The third kappa shape index (κ3) is 4.57. The van der Waals surface area contributed by atoms with Crippen LogP contribution >= 0.6 is 0 Å². The number of carbonyl (C=O) groups excluding carboxylic acids is 1. The Morgan fingerprint density at radius 2 is 1.74 bits per heavy atom. The molecule has 0 unspecified atom stereocenters. The van der Waals surface area contributed by atoms with Gasteiger partial charge in [-0.15, -0.1) is 0 Å². The first-order valence-electron chi connectivity index (χ1n) is 10.8. The molecule has 4 rings (SSSR count). The summed E-state index contributed by atoms with van der Waals surface area (Å²) in [5.41, 5.74) is 2.53. The van der Waals surface area contributed by atoms with Gasteiger partial charge < -0.3 is 19.8 Å². The van der Waals surface area contributed by atoms with Gasteiger partial charge >= 0.3 is 0 Å². The molecule has 178 valence electrons. The van der Waals surface area contributed by atoms with Gasteiger partial charge in [0.05, 0.1) is 24.2 Å². The summed E-state index contributed by atoms with van der Waals surface area (Å²) in [6.07, 6.45) is 0. The van der Waals surface area contributed by atoms with Crippen LogP contribution in [0.5, 0.6) is 5.75 Å². The van der Waals surface area contributed by atoms with Gasteiger partial charge in [-0.05, 0) is 50.2 Å². The number of rotatable bonds is 8. The highest BCUT2D eigenvalue weighted by Crippen LogP contribution is 2.36. The third-order valence-electron chi connectivity index (χ3n) is 5.68. The van der Waals surface area contributed by atoms with Gasteiger partial charge in [-0.3, -0.25) is 4.79 Å². The molecular weight excluding hydrogens is 454 g/mol. The van der Waals surface area contributed by atoms with E-state index in [1.165, 1.54) is 16.4 Å². The number of nitrogens with one attached hydrogen (secondary N) is 2. The molecule has 0 saturated heterocycles. The van der Waals surface area contributed by atoms with Gasteiger partial charge in [-0.25, -0.2) is 8.42 Å². The highest BCUT2D eigenvalue weighted by atomic mass is 32.2. The normalized spacial score (nSPS) is 11.9. The van der Waals surface area contributed by atoms with Crippen molar-refractivity contribution in [2.45, 2.75) is 24.8 Å². The molecule has 8 nitrogen and oxygen atoms in total. The van der Waals surface area contributed by atoms with Crippen molar-refractivity contribution in [3.63, 3.8) is 0 Å². The molecule has 0 spiro atoms. The molecule has 0 aliphatic rings. The van der Waals surface area contributed by atoms with Crippen LogP contribution in [0.25, 0.3) is 21.9 Å². The number of carbonyl (C=O) groups is 1. The molecule has 1 amide bonds. The summed E-state index contributed by atoms with van der Waals surface area (Å²) < 4.78 is 37.9. The number of hydrogen-bond acceptors (Lipinski definition) is 6. The molecule has 0 radical (unpaired) electrons. The standard InChI is InChI=1S/C25H27N3O5S/c1-16(2)28(3)34(30,31)18-11-9-17(10-12-18)26-15-25(29)27-21-14-23-20(13-24(21)32-4)19-7-5-6-8-22(19)33-23/h5-14,16,26H,15H2,1-4H3,(H,27,29). The average Bonchev–Trinajstić information content (AvgIpc) is 3.19. The van der Waals surface area contributed by atoms with Crippen molar-refractivity contribution in [3.05, 3.63) is 60.7 Å². The topological polar surface area (TPSA) is 101 Å². The molecule has 2 N–H and O–H groups in total. The first-order chi connectivity index (χ1) is 16.2. The van der Waals surface area contributed by atoms with Crippen molar-refractivity contribution in [3.8, 4) is 5.75 Å². The lowest BCUT2D eigenvalue weighted by molar-refractivity contribution is -0.114. The summed E-state index contributed by atoms with van der Waals surface area (Å²) in [6, 6.07) is 17.5. The SMILES string of the molecule is COc1cc2c(cc1NC(=O)CNc1ccc(S(=O)(=O)N(C)C(C)C)cc1)oc1ccccc12. The van der Waals surface area contributed by atoms with Crippen molar-refractivity contribution in [1.82, 2.24) is 4.31 Å². The lowest BCUT2D eigenvalue weighted by Crippen LogP contribution is -2.33. The van der Waals surface area contributed by atoms with Gasteiger partial charge in [0.15, 0.2) is 0 Å². The molecule has 0 fully saturated rings. The van der Waals surface area contributed by atoms with Crippen LogP contribution < -0.4 is 15.4 Å². The monoisotopic (exact) mass is 481 g/mol. The predicted octanol–water partition coefficient (Wildman–Crippen LogP) is 4.67. The fourth-order valence-electron chi connectivity index (χ4n) is 3.58. The van der Waals surface area contributed by atoms with Gasteiger partial charge in [0.25, 0.3) is 0 Å². The largest absolute Gasteiger partial charge is 0.495 e. The van der Waals surface area contributed by atoms with E-state index in [9.17, 15) is 13.2 Å². The zero-order valence-corrected chi connectivity index (χ0v) is 20.3. The maximum absolute atomic E-state index is 12.6. The molecule has 4 aromatic rings. The lowest BCUT2D eigenvalue weighted by atomic mass is 10.1. The van der Waals surface area contributed by atoms with Crippen molar-refractivity contribution in [2.24, 2.45) is 0 Å². The van der Waals surface area contributed by atoms with Gasteiger partial charge in [-0.1, -0.05) is 18.2 Å². The number of methoxy groups -OCH3 is 1. The van der Waals surface area contributed by atoms with Gasteiger partial charge in [0.1, 0.15) is 16.9 Å². The van der Waals surface area contributed by atoms with Crippen LogP contribution in [0.15, 0.2) is 70.0 Å². The average molecular weight is 482 g/mol. The number of sulfonamides is 1. The van der Waals surface area contributed by atoms with Crippen LogP contribution in [-0.4, -0.2) is 45.4 Å². The Labute approximate surface area is 198 Å². The minimum absolute atomic E-state index is 0.0146. The Bertz CT molecular complexity index is 1440. The second kappa shape index (κ2) is 9.36. The van der Waals surface area contributed by atoms with E-state index >= 15 is 0 Å². The highest BCUT2D eigenvalue weighted by Gasteiger charge is 2.22. The van der Waals surface area contributed by atoms with E-state index in [4.69, 9.17) is 9.15 Å². The molecule has 0 bridgehead atoms. The second-order valence-electron chi connectivity index (χ2n) is 8.19. The van der Waals surface area contributed by atoms with Gasteiger partial charge in [0.2, 0.25) is 15.9 Å². The number of furan rings is 1. The Morgan fingerprint density at radius 1 is 1.03 bits per heavy atom. The molecule has 0 aliphatic carbocycles. The summed E-state index contributed by atoms with van der Waals surface area (Å²) in [4.78, 5) is 12.8. The molecule has 1 aromatic heterocycles. The summed E-state index contributed by atoms with van der Waals surface area (Å²) in [6.45, 7) is 3.61. The first kappa shape index (κ1) is 23.6. The number of anilines is 2. The van der Waals surface area contributed by atoms with Crippen molar-refractivity contribution in [2.75, 3.05) is 31.3 Å². The summed E-state index contributed by atoms with van der Waals surface area (Å²) in [5, 5.41) is 7.73. The van der Waals surface area contributed by atoms with E-state index in [1.807, 2.05) is 44.2 Å². The zero-order valence-electron chi connectivity index (χ0n) is 19.5. The van der Waals surface area contributed by atoms with E-state index in [1.54, 1.807) is 32.4 Å².